The number of carbonyl (C=O) groups is 1. The van der Waals surface area contributed by atoms with Gasteiger partial charge in [0.2, 0.25) is 17.1 Å². The zero-order valence-corrected chi connectivity index (χ0v) is 22.2. The third kappa shape index (κ3) is 5.67. The number of fused-ring (bicyclic) bond motifs is 3. The summed E-state index contributed by atoms with van der Waals surface area (Å²) in [5.41, 5.74) is 4.78. The molecule has 3 aromatic carbocycles. The van der Waals surface area contributed by atoms with Gasteiger partial charge in [0.1, 0.15) is 0 Å². The molecule has 0 bridgehead atoms. The molecule has 1 atom stereocenters. The number of amides is 1. The van der Waals surface area contributed by atoms with Crippen molar-refractivity contribution in [3.63, 3.8) is 0 Å². The van der Waals surface area contributed by atoms with Crippen LogP contribution in [0.1, 0.15) is 36.1 Å². The molecule has 194 valence electrons. The smallest absolute Gasteiger partial charge is 0.217 e. The number of ether oxygens (including phenoxy) is 3. The largest absolute Gasteiger partial charge is 0.493 e. The van der Waals surface area contributed by atoms with Crippen molar-refractivity contribution in [1.29, 1.82) is 0 Å². The molecule has 0 radical (unpaired) electrons. The van der Waals surface area contributed by atoms with Crippen LogP contribution in [0.2, 0.25) is 5.02 Å². The van der Waals surface area contributed by atoms with Crippen molar-refractivity contribution in [2.75, 3.05) is 33.2 Å². The maximum atomic E-state index is 13.3. The zero-order chi connectivity index (χ0) is 26.5. The molecule has 7 nitrogen and oxygen atoms in total. The van der Waals surface area contributed by atoms with Crippen LogP contribution in [0, 0.1) is 0 Å². The van der Waals surface area contributed by atoms with Gasteiger partial charge in [0.05, 0.1) is 33.1 Å². The van der Waals surface area contributed by atoms with Crippen LogP contribution in [0.5, 0.6) is 17.2 Å². The topological polar surface area (TPSA) is 85.9 Å². The summed E-state index contributed by atoms with van der Waals surface area (Å²) in [6.07, 6.45) is 1.99. The normalized spacial score (nSPS) is 14.0. The van der Waals surface area contributed by atoms with E-state index in [0.29, 0.717) is 47.3 Å². The predicted octanol–water partition coefficient (Wildman–Crippen LogP) is 5.17. The van der Waals surface area contributed by atoms with Gasteiger partial charge >= 0.3 is 0 Å². The fourth-order valence-corrected chi connectivity index (χ4v) is 4.97. The van der Waals surface area contributed by atoms with Gasteiger partial charge in [-0.1, -0.05) is 29.8 Å². The van der Waals surface area contributed by atoms with Crippen molar-refractivity contribution < 1.29 is 19.0 Å². The van der Waals surface area contributed by atoms with E-state index in [1.165, 1.54) is 6.92 Å². The standard InChI is InChI=1S/C29H31ClN2O5/c1-17(33)32-23-11-7-19-15-26(35-2)28(36-3)29(37-4)27(19)21-10-12-24(25(34)16-22(21)23)31-14-13-18-5-8-20(30)9-6-18/h5-6,8-10,12,15-16,23H,7,11,13-14H2,1-4H3,(H,31,34)(H,32,33). The second-order valence-corrected chi connectivity index (χ2v) is 9.34. The van der Waals surface area contributed by atoms with E-state index in [1.807, 2.05) is 36.4 Å². The Morgan fingerprint density at radius 2 is 1.73 bits per heavy atom. The van der Waals surface area contributed by atoms with E-state index in [-0.39, 0.29) is 17.4 Å². The first-order chi connectivity index (χ1) is 17.9. The Kier molecular flexibility index (Phi) is 8.24. The summed E-state index contributed by atoms with van der Waals surface area (Å²) in [7, 11) is 4.73. The molecule has 0 spiro atoms. The minimum absolute atomic E-state index is 0.157. The molecular formula is C29H31ClN2O5. The SMILES string of the molecule is COc1cc2c(c(OC)c1OC)-c1ccc(NCCc3ccc(Cl)cc3)c(=O)cc1C(NC(C)=O)CC2. The minimum Gasteiger partial charge on any atom is -0.493 e. The Morgan fingerprint density at radius 3 is 2.38 bits per heavy atom. The number of aryl methyl sites for hydroxylation is 1. The van der Waals surface area contributed by atoms with E-state index in [9.17, 15) is 9.59 Å². The number of rotatable bonds is 8. The summed E-state index contributed by atoms with van der Waals surface area (Å²) < 4.78 is 17.0. The fourth-order valence-electron chi connectivity index (χ4n) is 4.85. The monoisotopic (exact) mass is 522 g/mol. The zero-order valence-electron chi connectivity index (χ0n) is 21.4. The second kappa shape index (κ2) is 11.6. The highest BCUT2D eigenvalue weighted by Crippen LogP contribution is 2.50. The minimum atomic E-state index is -0.344. The lowest BCUT2D eigenvalue weighted by Crippen LogP contribution is -2.26. The van der Waals surface area contributed by atoms with Gasteiger partial charge in [0.15, 0.2) is 11.5 Å². The van der Waals surface area contributed by atoms with Crippen LogP contribution in [0.4, 0.5) is 5.69 Å². The van der Waals surface area contributed by atoms with E-state index in [4.69, 9.17) is 25.8 Å². The highest BCUT2D eigenvalue weighted by molar-refractivity contribution is 6.30. The van der Waals surface area contributed by atoms with Crippen LogP contribution >= 0.6 is 11.6 Å². The van der Waals surface area contributed by atoms with Crippen LogP contribution in [0.3, 0.4) is 0 Å². The van der Waals surface area contributed by atoms with E-state index in [2.05, 4.69) is 10.6 Å². The highest BCUT2D eigenvalue weighted by atomic mass is 35.5. The molecule has 1 unspecified atom stereocenters. The molecule has 1 aliphatic carbocycles. The molecular weight excluding hydrogens is 492 g/mol. The first kappa shape index (κ1) is 26.4. The van der Waals surface area contributed by atoms with E-state index in [1.54, 1.807) is 33.5 Å². The van der Waals surface area contributed by atoms with Crippen molar-refractivity contribution >= 4 is 23.2 Å². The van der Waals surface area contributed by atoms with Gasteiger partial charge < -0.3 is 24.8 Å². The lowest BCUT2D eigenvalue weighted by atomic mass is 9.95. The van der Waals surface area contributed by atoms with Crippen LogP contribution < -0.4 is 30.3 Å². The molecule has 1 amide bonds. The van der Waals surface area contributed by atoms with Crippen molar-refractivity contribution in [2.24, 2.45) is 0 Å². The van der Waals surface area contributed by atoms with E-state index >= 15 is 0 Å². The number of anilines is 1. The Hall–Kier alpha value is -3.71. The molecule has 0 aromatic heterocycles. The van der Waals surface area contributed by atoms with Crippen molar-refractivity contribution in [1.82, 2.24) is 5.32 Å². The summed E-state index contributed by atoms with van der Waals surface area (Å²) in [5.74, 6) is 1.40. The van der Waals surface area contributed by atoms with Gasteiger partial charge in [-0.05, 0) is 71.8 Å². The molecule has 0 aliphatic heterocycles. The van der Waals surface area contributed by atoms with Gasteiger partial charge in [-0.15, -0.1) is 0 Å². The summed E-state index contributed by atoms with van der Waals surface area (Å²) in [6.45, 7) is 2.06. The molecule has 4 rings (SSSR count). The Bertz CT molecular complexity index is 1360. The summed E-state index contributed by atoms with van der Waals surface area (Å²) >= 11 is 5.98. The van der Waals surface area contributed by atoms with Crippen LogP contribution in [-0.2, 0) is 17.6 Å². The summed E-state index contributed by atoms with van der Waals surface area (Å²) in [6, 6.07) is 14.6. The average Bonchev–Trinajstić information content (AvgIpc) is 3.13. The number of benzene rings is 2. The maximum Gasteiger partial charge on any atom is 0.217 e. The van der Waals surface area contributed by atoms with Crippen LogP contribution in [0.25, 0.3) is 11.1 Å². The van der Waals surface area contributed by atoms with Crippen LogP contribution in [-0.4, -0.2) is 33.8 Å². The van der Waals surface area contributed by atoms with Crippen molar-refractivity contribution in [3.05, 3.63) is 80.5 Å². The summed E-state index contributed by atoms with van der Waals surface area (Å²) in [4.78, 5) is 25.4. The van der Waals surface area contributed by atoms with Gasteiger partial charge in [0, 0.05) is 24.1 Å². The third-order valence-corrected chi connectivity index (χ3v) is 6.81. The molecule has 0 saturated heterocycles. The van der Waals surface area contributed by atoms with Crippen molar-refractivity contribution in [3.8, 4) is 28.4 Å². The average molecular weight is 523 g/mol. The van der Waals surface area contributed by atoms with Gasteiger partial charge in [-0.2, -0.15) is 0 Å². The first-order valence-electron chi connectivity index (χ1n) is 12.1. The molecule has 0 fully saturated rings. The Morgan fingerprint density at radius 1 is 1.00 bits per heavy atom. The van der Waals surface area contributed by atoms with E-state index < -0.39 is 0 Å². The van der Waals surface area contributed by atoms with E-state index in [0.717, 1.165) is 34.2 Å². The lowest BCUT2D eigenvalue weighted by Gasteiger charge is -2.19. The molecule has 37 heavy (non-hydrogen) atoms. The molecule has 2 N–H and O–H groups in total. The summed E-state index contributed by atoms with van der Waals surface area (Å²) in [5, 5.41) is 6.99. The number of hydrogen-bond acceptors (Lipinski definition) is 6. The highest BCUT2D eigenvalue weighted by Gasteiger charge is 2.29. The quantitative estimate of drug-likeness (QED) is 0.424. The number of carbonyl (C=O) groups excluding carboxylic acids is 1. The van der Waals surface area contributed by atoms with Crippen molar-refractivity contribution in [2.45, 2.75) is 32.2 Å². The third-order valence-electron chi connectivity index (χ3n) is 6.56. The fraction of sp³-hybridized carbons (Fsp3) is 0.310. The van der Waals surface area contributed by atoms with Gasteiger partial charge in [-0.3, -0.25) is 9.59 Å². The number of methoxy groups -OCH3 is 3. The number of hydrogen-bond donors (Lipinski definition) is 2. The number of nitrogens with one attached hydrogen (secondary N) is 2. The Labute approximate surface area is 221 Å². The first-order valence-corrected chi connectivity index (χ1v) is 12.5. The lowest BCUT2D eigenvalue weighted by molar-refractivity contribution is -0.119. The van der Waals surface area contributed by atoms with Gasteiger partial charge in [0.25, 0.3) is 0 Å². The van der Waals surface area contributed by atoms with Crippen LogP contribution in [0.15, 0.2) is 53.3 Å². The molecule has 0 heterocycles. The molecule has 0 saturated carbocycles. The molecule has 8 heteroatoms. The number of halogens is 1. The molecule has 3 aromatic rings. The second-order valence-electron chi connectivity index (χ2n) is 8.90. The molecule has 1 aliphatic rings. The maximum absolute atomic E-state index is 13.3. The van der Waals surface area contributed by atoms with Gasteiger partial charge in [-0.25, -0.2) is 0 Å². The Balaban J connectivity index is 1.81. The predicted molar refractivity (Wildman–Crippen MR) is 146 cm³/mol.